The molecule has 1 aromatic heterocycles. The van der Waals surface area contributed by atoms with Gasteiger partial charge in [0, 0.05) is 29.2 Å². The second kappa shape index (κ2) is 4.05. The van der Waals surface area contributed by atoms with Crippen molar-refractivity contribution in [1.29, 1.82) is 0 Å². The van der Waals surface area contributed by atoms with E-state index in [0.717, 1.165) is 16.8 Å². The Labute approximate surface area is 105 Å². The van der Waals surface area contributed by atoms with Crippen LogP contribution in [0.3, 0.4) is 0 Å². The Hall–Kier alpha value is -1.97. The Kier molecular flexibility index (Phi) is 2.81. The predicted octanol–water partition coefficient (Wildman–Crippen LogP) is 2.76. The van der Waals surface area contributed by atoms with E-state index < -0.39 is 5.97 Å². The van der Waals surface area contributed by atoms with E-state index in [-0.39, 0.29) is 5.75 Å². The lowest BCUT2D eigenvalue weighted by Gasteiger charge is -2.06. The summed E-state index contributed by atoms with van der Waals surface area (Å²) in [4.78, 5) is 11.5. The summed E-state index contributed by atoms with van der Waals surface area (Å²) in [6.45, 7) is 5.51. The van der Waals surface area contributed by atoms with Crippen molar-refractivity contribution in [2.45, 2.75) is 27.2 Å². The summed E-state index contributed by atoms with van der Waals surface area (Å²) in [5.41, 5.74) is 3.35. The van der Waals surface area contributed by atoms with E-state index in [4.69, 9.17) is 0 Å². The number of carbonyl (C=O) groups is 1. The lowest BCUT2D eigenvalue weighted by atomic mass is 10.0. The van der Waals surface area contributed by atoms with Gasteiger partial charge in [0.15, 0.2) is 0 Å². The van der Waals surface area contributed by atoms with E-state index >= 15 is 0 Å². The topological polar surface area (TPSA) is 62.5 Å². The van der Waals surface area contributed by atoms with Gasteiger partial charge in [0.05, 0.1) is 5.56 Å². The highest BCUT2D eigenvalue weighted by Crippen LogP contribution is 2.35. The third kappa shape index (κ3) is 1.49. The maximum Gasteiger partial charge on any atom is 0.338 e. The molecule has 0 saturated heterocycles. The molecule has 96 valence electrons. The SMILES string of the molecule is CCc1c(C(=O)O)c2c(C)c(O)c(C)cc2n1C. The van der Waals surface area contributed by atoms with Crippen LogP contribution in [-0.4, -0.2) is 20.7 Å². The van der Waals surface area contributed by atoms with Gasteiger partial charge in [-0.2, -0.15) is 0 Å². The quantitative estimate of drug-likeness (QED) is 0.857. The first-order valence-corrected chi connectivity index (χ1v) is 5.93. The van der Waals surface area contributed by atoms with Gasteiger partial charge >= 0.3 is 5.97 Å². The molecule has 0 amide bonds. The molecule has 2 aromatic rings. The maximum atomic E-state index is 11.5. The van der Waals surface area contributed by atoms with Crippen molar-refractivity contribution in [3.8, 4) is 5.75 Å². The Morgan fingerprint density at radius 2 is 2.00 bits per heavy atom. The molecular formula is C14H17NO3. The molecule has 0 aliphatic carbocycles. The van der Waals surface area contributed by atoms with Crippen molar-refractivity contribution in [3.05, 3.63) is 28.5 Å². The number of aromatic hydroxyl groups is 1. The number of benzene rings is 1. The number of aromatic nitrogens is 1. The van der Waals surface area contributed by atoms with E-state index in [1.54, 1.807) is 6.92 Å². The fourth-order valence-electron chi connectivity index (χ4n) is 2.63. The van der Waals surface area contributed by atoms with Crippen molar-refractivity contribution in [2.24, 2.45) is 7.05 Å². The van der Waals surface area contributed by atoms with Crippen molar-refractivity contribution in [2.75, 3.05) is 0 Å². The molecule has 0 aliphatic rings. The molecule has 0 spiro atoms. The number of aryl methyl sites for hydroxylation is 3. The monoisotopic (exact) mass is 247 g/mol. The molecule has 4 heteroatoms. The van der Waals surface area contributed by atoms with Crippen LogP contribution in [0.2, 0.25) is 0 Å². The zero-order valence-corrected chi connectivity index (χ0v) is 11.0. The lowest BCUT2D eigenvalue weighted by Crippen LogP contribution is -2.03. The van der Waals surface area contributed by atoms with Crippen molar-refractivity contribution in [3.63, 3.8) is 0 Å². The van der Waals surface area contributed by atoms with Crippen molar-refractivity contribution < 1.29 is 15.0 Å². The number of fused-ring (bicyclic) bond motifs is 1. The van der Waals surface area contributed by atoms with Gasteiger partial charge in [-0.05, 0) is 31.9 Å². The number of carboxylic acids is 1. The fraction of sp³-hybridized carbons (Fsp3) is 0.357. The van der Waals surface area contributed by atoms with Crippen LogP contribution in [0, 0.1) is 13.8 Å². The van der Waals surface area contributed by atoms with E-state index in [9.17, 15) is 15.0 Å². The number of hydrogen-bond acceptors (Lipinski definition) is 2. The van der Waals surface area contributed by atoms with Gasteiger partial charge in [0.25, 0.3) is 0 Å². The second-order valence-corrected chi connectivity index (χ2v) is 4.60. The van der Waals surface area contributed by atoms with E-state index in [0.29, 0.717) is 22.9 Å². The predicted molar refractivity (Wildman–Crippen MR) is 70.4 cm³/mol. The molecule has 2 N–H and O–H groups in total. The third-order valence-corrected chi connectivity index (χ3v) is 3.57. The summed E-state index contributed by atoms with van der Waals surface area (Å²) >= 11 is 0. The third-order valence-electron chi connectivity index (χ3n) is 3.57. The zero-order chi connectivity index (χ0) is 13.6. The largest absolute Gasteiger partial charge is 0.507 e. The summed E-state index contributed by atoms with van der Waals surface area (Å²) in [5.74, 6) is -0.762. The first-order chi connectivity index (χ1) is 8.40. The Bertz CT molecular complexity index is 653. The summed E-state index contributed by atoms with van der Waals surface area (Å²) in [6.07, 6.45) is 0.645. The summed E-state index contributed by atoms with van der Waals surface area (Å²) in [7, 11) is 1.86. The highest BCUT2D eigenvalue weighted by molar-refractivity contribution is 6.07. The Morgan fingerprint density at radius 3 is 2.50 bits per heavy atom. The number of hydrogen-bond donors (Lipinski definition) is 2. The molecule has 0 unspecified atom stereocenters. The molecule has 4 nitrogen and oxygen atoms in total. The molecule has 0 fully saturated rings. The van der Waals surface area contributed by atoms with Gasteiger partial charge in [-0.25, -0.2) is 4.79 Å². The first-order valence-electron chi connectivity index (χ1n) is 5.93. The highest BCUT2D eigenvalue weighted by atomic mass is 16.4. The molecule has 1 aromatic carbocycles. The number of nitrogens with zero attached hydrogens (tertiary/aromatic N) is 1. The second-order valence-electron chi connectivity index (χ2n) is 4.60. The molecule has 2 rings (SSSR count). The van der Waals surface area contributed by atoms with E-state index in [1.165, 1.54) is 0 Å². The highest BCUT2D eigenvalue weighted by Gasteiger charge is 2.22. The summed E-state index contributed by atoms with van der Waals surface area (Å²) in [6, 6.07) is 1.84. The van der Waals surface area contributed by atoms with Crippen LogP contribution in [0.1, 0.15) is 34.1 Å². The van der Waals surface area contributed by atoms with Crippen LogP contribution in [0.4, 0.5) is 0 Å². The fourth-order valence-corrected chi connectivity index (χ4v) is 2.63. The number of aromatic carboxylic acids is 1. The van der Waals surface area contributed by atoms with Crippen LogP contribution in [0.25, 0.3) is 10.9 Å². The van der Waals surface area contributed by atoms with Crippen molar-refractivity contribution in [1.82, 2.24) is 4.57 Å². The minimum atomic E-state index is -0.941. The van der Waals surface area contributed by atoms with Gasteiger partial charge in [-0.1, -0.05) is 6.92 Å². The summed E-state index contributed by atoms with van der Waals surface area (Å²) in [5, 5.41) is 20.0. The normalized spacial score (nSPS) is 11.1. The molecule has 0 aliphatic heterocycles. The minimum absolute atomic E-state index is 0.179. The van der Waals surface area contributed by atoms with Gasteiger partial charge in [0.1, 0.15) is 5.75 Å². The van der Waals surface area contributed by atoms with E-state index in [1.807, 2.05) is 31.5 Å². The van der Waals surface area contributed by atoms with Crippen molar-refractivity contribution >= 4 is 16.9 Å². The van der Waals surface area contributed by atoms with E-state index in [2.05, 4.69) is 0 Å². The molecular weight excluding hydrogens is 230 g/mol. The smallest absolute Gasteiger partial charge is 0.338 e. The van der Waals surface area contributed by atoms with Crippen LogP contribution in [-0.2, 0) is 13.5 Å². The molecule has 0 radical (unpaired) electrons. The maximum absolute atomic E-state index is 11.5. The van der Waals surface area contributed by atoms with Crippen LogP contribution in [0.15, 0.2) is 6.07 Å². The Balaban J connectivity index is 3.06. The lowest BCUT2D eigenvalue weighted by molar-refractivity contribution is 0.0697. The number of phenols is 1. The average Bonchev–Trinajstić information content (AvgIpc) is 2.60. The Morgan fingerprint density at radius 1 is 1.39 bits per heavy atom. The number of carboxylic acid groups (broad SMARTS) is 1. The van der Waals surface area contributed by atoms with Crippen LogP contribution >= 0.6 is 0 Å². The first kappa shape index (κ1) is 12.5. The number of phenolic OH excluding ortho intramolecular Hbond substituents is 1. The van der Waals surface area contributed by atoms with Gasteiger partial charge in [0.2, 0.25) is 0 Å². The standard InChI is InChI=1S/C14H17NO3/c1-5-9-12(14(17)18)11-8(3)13(16)7(2)6-10(11)15(9)4/h6,16H,5H2,1-4H3,(H,17,18). The molecule has 0 atom stereocenters. The number of rotatable bonds is 2. The molecule has 18 heavy (non-hydrogen) atoms. The minimum Gasteiger partial charge on any atom is -0.507 e. The van der Waals surface area contributed by atoms with Crippen LogP contribution < -0.4 is 0 Å². The average molecular weight is 247 g/mol. The van der Waals surface area contributed by atoms with Crippen LogP contribution in [0.5, 0.6) is 5.75 Å². The molecule has 1 heterocycles. The van der Waals surface area contributed by atoms with Gasteiger partial charge < -0.3 is 14.8 Å². The molecule has 0 saturated carbocycles. The zero-order valence-electron chi connectivity index (χ0n) is 11.0. The van der Waals surface area contributed by atoms with Gasteiger partial charge in [-0.15, -0.1) is 0 Å². The van der Waals surface area contributed by atoms with Gasteiger partial charge in [-0.3, -0.25) is 0 Å². The molecule has 0 bridgehead atoms. The summed E-state index contributed by atoms with van der Waals surface area (Å²) < 4.78 is 1.90.